The van der Waals surface area contributed by atoms with Crippen molar-refractivity contribution in [2.75, 3.05) is 5.75 Å². The molecule has 134 valence electrons. The van der Waals surface area contributed by atoms with Crippen LogP contribution in [0.4, 0.5) is 0 Å². The van der Waals surface area contributed by atoms with Crippen molar-refractivity contribution in [1.82, 2.24) is 25.5 Å². The molecule has 7 heteroatoms. The maximum atomic E-state index is 12.3. The van der Waals surface area contributed by atoms with Gasteiger partial charge in [0.2, 0.25) is 11.1 Å². The van der Waals surface area contributed by atoms with Crippen LogP contribution in [-0.2, 0) is 4.79 Å². The molecule has 3 rings (SSSR count). The molecule has 25 heavy (non-hydrogen) atoms. The molecule has 1 aliphatic carbocycles. The standard InChI is InChI=1S/C18H25N5OS/c1-12-8-9-16(14(3)10-12)23-18(20-21-22-23)25-11-17(24)19-15-7-5-4-6-13(15)2/h8-10,13,15H,4-7,11H2,1-3H3,(H,19,24)/t13-,15-/m0/s1. The fourth-order valence-electron chi connectivity index (χ4n) is 3.37. The monoisotopic (exact) mass is 359 g/mol. The van der Waals surface area contributed by atoms with E-state index in [2.05, 4.69) is 40.8 Å². The van der Waals surface area contributed by atoms with Crippen LogP contribution < -0.4 is 5.32 Å². The number of nitrogens with one attached hydrogen (secondary N) is 1. The van der Waals surface area contributed by atoms with Gasteiger partial charge in [0.15, 0.2) is 0 Å². The number of carbonyl (C=O) groups excluding carboxylic acids is 1. The number of tetrazole rings is 1. The van der Waals surface area contributed by atoms with Crippen LogP contribution in [0.1, 0.15) is 43.7 Å². The summed E-state index contributed by atoms with van der Waals surface area (Å²) in [7, 11) is 0. The van der Waals surface area contributed by atoms with Gasteiger partial charge in [-0.15, -0.1) is 5.10 Å². The quantitative estimate of drug-likeness (QED) is 0.831. The summed E-state index contributed by atoms with van der Waals surface area (Å²) in [5, 5.41) is 15.7. The minimum Gasteiger partial charge on any atom is -0.352 e. The summed E-state index contributed by atoms with van der Waals surface area (Å²) in [4.78, 5) is 12.3. The molecule has 1 saturated carbocycles. The summed E-state index contributed by atoms with van der Waals surface area (Å²) < 4.78 is 1.70. The number of carbonyl (C=O) groups is 1. The topological polar surface area (TPSA) is 72.7 Å². The molecule has 0 bridgehead atoms. The highest BCUT2D eigenvalue weighted by molar-refractivity contribution is 7.99. The fourth-order valence-corrected chi connectivity index (χ4v) is 4.07. The molecule has 1 aliphatic rings. The number of hydrogen-bond donors (Lipinski definition) is 1. The third-order valence-electron chi connectivity index (χ3n) is 4.81. The number of rotatable bonds is 5. The fraction of sp³-hybridized carbons (Fsp3) is 0.556. The van der Waals surface area contributed by atoms with E-state index in [1.165, 1.54) is 36.6 Å². The van der Waals surface area contributed by atoms with Crippen LogP contribution >= 0.6 is 11.8 Å². The normalized spacial score (nSPS) is 20.4. The van der Waals surface area contributed by atoms with Crippen LogP contribution in [0, 0.1) is 19.8 Å². The molecule has 2 aromatic rings. The van der Waals surface area contributed by atoms with E-state index >= 15 is 0 Å². The first-order valence-electron chi connectivity index (χ1n) is 8.83. The highest BCUT2D eigenvalue weighted by atomic mass is 32.2. The lowest BCUT2D eigenvalue weighted by Gasteiger charge is -2.29. The minimum absolute atomic E-state index is 0.0546. The van der Waals surface area contributed by atoms with E-state index in [4.69, 9.17) is 0 Å². The van der Waals surface area contributed by atoms with Gasteiger partial charge in [0.25, 0.3) is 0 Å². The number of nitrogens with zero attached hydrogens (tertiary/aromatic N) is 4. The van der Waals surface area contributed by atoms with Gasteiger partial charge in [-0.05, 0) is 54.7 Å². The number of benzene rings is 1. The molecule has 0 spiro atoms. The minimum atomic E-state index is 0.0546. The Morgan fingerprint density at radius 3 is 2.88 bits per heavy atom. The second kappa shape index (κ2) is 7.99. The Morgan fingerprint density at radius 1 is 1.32 bits per heavy atom. The van der Waals surface area contributed by atoms with E-state index < -0.39 is 0 Å². The van der Waals surface area contributed by atoms with Gasteiger partial charge in [0, 0.05) is 6.04 Å². The van der Waals surface area contributed by atoms with Crippen molar-refractivity contribution in [2.24, 2.45) is 5.92 Å². The van der Waals surface area contributed by atoms with Gasteiger partial charge >= 0.3 is 0 Å². The average Bonchev–Trinajstić information content (AvgIpc) is 3.03. The summed E-state index contributed by atoms with van der Waals surface area (Å²) >= 11 is 1.37. The van der Waals surface area contributed by atoms with Gasteiger partial charge < -0.3 is 5.32 Å². The van der Waals surface area contributed by atoms with E-state index in [0.29, 0.717) is 22.9 Å². The number of aromatic nitrogens is 4. The molecule has 1 aromatic carbocycles. The molecule has 0 saturated heterocycles. The average molecular weight is 359 g/mol. The molecule has 1 amide bonds. The largest absolute Gasteiger partial charge is 0.352 e. The van der Waals surface area contributed by atoms with Gasteiger partial charge in [-0.1, -0.05) is 49.2 Å². The zero-order chi connectivity index (χ0) is 17.8. The maximum absolute atomic E-state index is 12.3. The zero-order valence-corrected chi connectivity index (χ0v) is 15.8. The second-order valence-electron chi connectivity index (χ2n) is 6.89. The lowest BCUT2D eigenvalue weighted by molar-refractivity contribution is -0.119. The van der Waals surface area contributed by atoms with Gasteiger partial charge in [0.05, 0.1) is 11.4 Å². The molecule has 1 aromatic heterocycles. The molecule has 2 atom stereocenters. The Morgan fingerprint density at radius 2 is 2.12 bits per heavy atom. The van der Waals surface area contributed by atoms with E-state index in [1.54, 1.807) is 4.68 Å². The number of hydrogen-bond acceptors (Lipinski definition) is 5. The van der Waals surface area contributed by atoms with E-state index in [1.807, 2.05) is 19.1 Å². The van der Waals surface area contributed by atoms with Crippen molar-refractivity contribution in [3.05, 3.63) is 29.3 Å². The summed E-state index contributed by atoms with van der Waals surface area (Å²) in [6.45, 7) is 6.32. The molecule has 6 nitrogen and oxygen atoms in total. The van der Waals surface area contributed by atoms with E-state index in [0.717, 1.165) is 17.7 Å². The Kier molecular flexibility index (Phi) is 5.73. The van der Waals surface area contributed by atoms with Crippen molar-refractivity contribution in [2.45, 2.75) is 57.7 Å². The maximum Gasteiger partial charge on any atom is 0.230 e. The third kappa shape index (κ3) is 4.39. The predicted octanol–water partition coefficient (Wildman–Crippen LogP) is 3.07. The third-order valence-corrected chi connectivity index (χ3v) is 5.73. The van der Waals surface area contributed by atoms with Gasteiger partial charge in [-0.3, -0.25) is 4.79 Å². The van der Waals surface area contributed by atoms with Crippen molar-refractivity contribution in [3.8, 4) is 5.69 Å². The first kappa shape index (κ1) is 17.9. The van der Waals surface area contributed by atoms with Crippen molar-refractivity contribution < 1.29 is 4.79 Å². The first-order chi connectivity index (χ1) is 12.0. The number of aryl methyl sites for hydroxylation is 2. The summed E-state index contributed by atoms with van der Waals surface area (Å²) in [5.74, 6) is 0.941. The molecule has 1 fully saturated rings. The van der Waals surface area contributed by atoms with Crippen LogP contribution in [0.2, 0.25) is 0 Å². The summed E-state index contributed by atoms with van der Waals surface area (Å²) in [6.07, 6.45) is 4.75. The highest BCUT2D eigenvalue weighted by Crippen LogP contribution is 2.24. The van der Waals surface area contributed by atoms with Gasteiger partial charge in [-0.2, -0.15) is 4.68 Å². The zero-order valence-electron chi connectivity index (χ0n) is 15.0. The lowest BCUT2D eigenvalue weighted by Crippen LogP contribution is -2.41. The first-order valence-corrected chi connectivity index (χ1v) is 9.81. The van der Waals surface area contributed by atoms with Crippen LogP contribution in [0.25, 0.3) is 5.69 Å². The van der Waals surface area contributed by atoms with Crippen molar-refractivity contribution in [1.29, 1.82) is 0 Å². The molecule has 0 unspecified atom stereocenters. The number of thioether (sulfide) groups is 1. The Balaban J connectivity index is 1.62. The molecular formula is C18H25N5OS. The van der Waals surface area contributed by atoms with Crippen LogP contribution in [0.15, 0.2) is 23.4 Å². The highest BCUT2D eigenvalue weighted by Gasteiger charge is 2.23. The Labute approximate surface area is 152 Å². The summed E-state index contributed by atoms with van der Waals surface area (Å²) in [5.41, 5.74) is 3.25. The number of amides is 1. The van der Waals surface area contributed by atoms with Gasteiger partial charge in [0.1, 0.15) is 0 Å². The Bertz CT molecular complexity index is 745. The predicted molar refractivity (Wildman–Crippen MR) is 98.9 cm³/mol. The van der Waals surface area contributed by atoms with Crippen molar-refractivity contribution >= 4 is 17.7 Å². The Hall–Kier alpha value is -1.89. The SMILES string of the molecule is Cc1ccc(-n2nnnc2SCC(=O)N[C@H]2CCCC[C@@H]2C)c(C)c1. The molecular weight excluding hydrogens is 334 g/mol. The lowest BCUT2D eigenvalue weighted by atomic mass is 9.86. The molecule has 1 heterocycles. The molecule has 1 N–H and O–H groups in total. The molecule has 0 aliphatic heterocycles. The van der Waals surface area contributed by atoms with Crippen LogP contribution in [-0.4, -0.2) is 37.9 Å². The van der Waals surface area contributed by atoms with Crippen LogP contribution in [0.3, 0.4) is 0 Å². The van der Waals surface area contributed by atoms with E-state index in [9.17, 15) is 4.79 Å². The van der Waals surface area contributed by atoms with Crippen molar-refractivity contribution in [3.63, 3.8) is 0 Å². The molecule has 0 radical (unpaired) electrons. The summed E-state index contributed by atoms with van der Waals surface area (Å²) in [6, 6.07) is 6.45. The van der Waals surface area contributed by atoms with E-state index in [-0.39, 0.29) is 5.91 Å². The smallest absolute Gasteiger partial charge is 0.230 e. The van der Waals surface area contributed by atoms with Gasteiger partial charge in [-0.25, -0.2) is 0 Å². The second-order valence-corrected chi connectivity index (χ2v) is 7.83. The van der Waals surface area contributed by atoms with Crippen LogP contribution in [0.5, 0.6) is 0 Å².